The largest absolute Gasteiger partial charge is 0.504 e. The van der Waals surface area contributed by atoms with Crippen molar-refractivity contribution >= 4 is 17.9 Å². The van der Waals surface area contributed by atoms with Gasteiger partial charge < -0.3 is 30.3 Å². The van der Waals surface area contributed by atoms with Crippen LogP contribution in [0.3, 0.4) is 0 Å². The first-order valence-corrected chi connectivity index (χ1v) is 11.5. The molecular formula is C25H42O9. The van der Waals surface area contributed by atoms with Crippen LogP contribution < -0.4 is 0 Å². The van der Waals surface area contributed by atoms with Crippen LogP contribution in [0, 0.1) is 17.3 Å². The number of phenols is 3. The molecule has 1 aromatic rings. The van der Waals surface area contributed by atoms with Crippen LogP contribution in [0.2, 0.25) is 0 Å². The quantitative estimate of drug-likeness (QED) is 0.175. The van der Waals surface area contributed by atoms with Gasteiger partial charge in [-0.1, -0.05) is 34.6 Å². The molecule has 0 fully saturated rings. The average molecular weight is 487 g/mol. The van der Waals surface area contributed by atoms with Crippen molar-refractivity contribution in [1.29, 1.82) is 0 Å². The number of rotatable bonds is 10. The molecule has 0 aliphatic carbocycles. The number of phenolic OH excluding ortho intramolecular Hbond substituents is 3. The molecule has 5 N–H and O–H groups in total. The number of aromatic hydroxyl groups is 3. The zero-order valence-corrected chi connectivity index (χ0v) is 21.4. The SMILES string of the molecule is CCC(C)(C)C(=O)O.CCC(C)C(=O)O.CCC(C)C(=O)OCCCc1cc(O)c(O)c(O)c1. The van der Waals surface area contributed by atoms with Gasteiger partial charge in [0.25, 0.3) is 0 Å². The fourth-order valence-corrected chi connectivity index (χ4v) is 1.89. The number of carbonyl (C=O) groups is 3. The molecule has 9 nitrogen and oxygen atoms in total. The van der Waals surface area contributed by atoms with Gasteiger partial charge in [-0.2, -0.15) is 0 Å². The molecule has 0 aliphatic heterocycles. The molecule has 0 aromatic heterocycles. The second-order valence-corrected chi connectivity index (χ2v) is 8.75. The molecule has 0 heterocycles. The monoisotopic (exact) mass is 486 g/mol. The van der Waals surface area contributed by atoms with Crippen LogP contribution in [-0.4, -0.2) is 50.0 Å². The van der Waals surface area contributed by atoms with Crippen molar-refractivity contribution in [3.8, 4) is 17.2 Å². The van der Waals surface area contributed by atoms with E-state index in [2.05, 4.69) is 0 Å². The third-order valence-electron chi connectivity index (χ3n) is 5.50. The van der Waals surface area contributed by atoms with E-state index in [0.717, 1.165) is 12.8 Å². The maximum Gasteiger partial charge on any atom is 0.309 e. The Morgan fingerprint density at radius 1 is 0.912 bits per heavy atom. The molecular weight excluding hydrogens is 444 g/mol. The fourth-order valence-electron chi connectivity index (χ4n) is 1.89. The highest BCUT2D eigenvalue weighted by Crippen LogP contribution is 2.35. The molecule has 1 rings (SSSR count). The van der Waals surface area contributed by atoms with Crippen LogP contribution >= 0.6 is 0 Å². The van der Waals surface area contributed by atoms with E-state index >= 15 is 0 Å². The minimum Gasteiger partial charge on any atom is -0.504 e. The van der Waals surface area contributed by atoms with E-state index in [1.807, 2.05) is 27.7 Å². The lowest BCUT2D eigenvalue weighted by molar-refractivity contribution is -0.148. The molecule has 0 spiro atoms. The van der Waals surface area contributed by atoms with E-state index in [9.17, 15) is 29.7 Å². The van der Waals surface area contributed by atoms with Crippen LogP contribution in [0.15, 0.2) is 12.1 Å². The molecule has 34 heavy (non-hydrogen) atoms. The number of benzene rings is 1. The summed E-state index contributed by atoms with van der Waals surface area (Å²) < 4.78 is 5.09. The van der Waals surface area contributed by atoms with Gasteiger partial charge in [-0.15, -0.1) is 0 Å². The minimum atomic E-state index is -0.722. The molecule has 0 aliphatic rings. The van der Waals surface area contributed by atoms with Crippen LogP contribution in [0.25, 0.3) is 0 Å². The molecule has 0 bridgehead atoms. The van der Waals surface area contributed by atoms with Crippen molar-refractivity contribution in [2.24, 2.45) is 17.3 Å². The van der Waals surface area contributed by atoms with Gasteiger partial charge in [-0.25, -0.2) is 0 Å². The predicted octanol–water partition coefficient (Wildman–Crippen LogP) is 4.95. The van der Waals surface area contributed by atoms with Gasteiger partial charge in [0, 0.05) is 0 Å². The standard InChI is InChI=1S/C14H20O5.C6H12O2.C5H10O2/c1-3-9(2)14(18)19-6-4-5-10-7-11(15)13(17)12(16)8-10;1-4-6(2,3)5(7)8;1-3-4(2)5(6)7/h7-9,15-17H,3-6H2,1-2H3;4H2,1-3H3,(H,7,8);4H,3H2,1-2H3,(H,6,7). The highest BCUT2D eigenvalue weighted by molar-refractivity contribution is 5.73. The van der Waals surface area contributed by atoms with Crippen molar-refractivity contribution in [2.45, 2.75) is 80.6 Å². The van der Waals surface area contributed by atoms with E-state index < -0.39 is 23.1 Å². The number of carboxylic acid groups (broad SMARTS) is 2. The molecule has 2 unspecified atom stereocenters. The first-order chi connectivity index (χ1) is 15.6. The van der Waals surface area contributed by atoms with Gasteiger partial charge in [0.05, 0.1) is 23.9 Å². The predicted molar refractivity (Wildman–Crippen MR) is 129 cm³/mol. The van der Waals surface area contributed by atoms with Crippen molar-refractivity contribution in [2.75, 3.05) is 6.61 Å². The lowest BCUT2D eigenvalue weighted by Crippen LogP contribution is -2.21. The topological polar surface area (TPSA) is 162 Å². The van der Waals surface area contributed by atoms with Gasteiger partial charge in [0.15, 0.2) is 17.2 Å². The Hall–Kier alpha value is -2.97. The molecule has 2 atom stereocenters. The van der Waals surface area contributed by atoms with Gasteiger partial charge >= 0.3 is 17.9 Å². The highest BCUT2D eigenvalue weighted by Gasteiger charge is 2.23. The molecule has 0 saturated heterocycles. The fraction of sp³-hybridized carbons (Fsp3) is 0.640. The number of carboxylic acids is 2. The van der Waals surface area contributed by atoms with Gasteiger partial charge in [-0.05, 0) is 63.6 Å². The summed E-state index contributed by atoms with van der Waals surface area (Å²) in [6.07, 6.45) is 3.28. The molecule has 9 heteroatoms. The third-order valence-corrected chi connectivity index (χ3v) is 5.50. The van der Waals surface area contributed by atoms with Crippen LogP contribution in [0.4, 0.5) is 0 Å². The number of esters is 1. The maximum absolute atomic E-state index is 11.4. The number of aryl methyl sites for hydroxylation is 1. The number of aliphatic carboxylic acids is 2. The van der Waals surface area contributed by atoms with Crippen molar-refractivity contribution < 1.29 is 44.7 Å². The van der Waals surface area contributed by atoms with Crippen LogP contribution in [0.5, 0.6) is 17.2 Å². The summed E-state index contributed by atoms with van der Waals surface area (Å²) >= 11 is 0. The maximum atomic E-state index is 11.4. The van der Waals surface area contributed by atoms with E-state index in [-0.39, 0.29) is 29.3 Å². The van der Waals surface area contributed by atoms with Gasteiger partial charge in [0.2, 0.25) is 0 Å². The number of carbonyl (C=O) groups excluding carboxylic acids is 1. The Bertz CT molecular complexity index is 749. The van der Waals surface area contributed by atoms with Gasteiger partial charge in [0.1, 0.15) is 0 Å². The van der Waals surface area contributed by atoms with Crippen LogP contribution in [0.1, 0.15) is 79.7 Å². The molecule has 0 saturated carbocycles. The van der Waals surface area contributed by atoms with Crippen molar-refractivity contribution in [3.63, 3.8) is 0 Å². The molecule has 0 radical (unpaired) electrons. The Morgan fingerprint density at radius 3 is 1.68 bits per heavy atom. The summed E-state index contributed by atoms with van der Waals surface area (Å²) in [5.41, 5.74) is 0.132. The van der Waals surface area contributed by atoms with Gasteiger partial charge in [-0.3, -0.25) is 14.4 Å². The first kappa shape index (κ1) is 33.2. The Balaban J connectivity index is 0. The average Bonchev–Trinajstić information content (AvgIpc) is 2.79. The molecule has 196 valence electrons. The van der Waals surface area contributed by atoms with E-state index in [4.69, 9.17) is 14.9 Å². The first-order valence-electron chi connectivity index (χ1n) is 11.5. The summed E-state index contributed by atoms with van der Waals surface area (Å²) in [7, 11) is 0. The summed E-state index contributed by atoms with van der Waals surface area (Å²) in [6.45, 7) is 12.9. The lowest BCUT2D eigenvalue weighted by Gasteiger charge is -2.14. The summed E-state index contributed by atoms with van der Waals surface area (Å²) in [5, 5.41) is 44.5. The minimum absolute atomic E-state index is 0.0956. The van der Waals surface area contributed by atoms with E-state index in [1.54, 1.807) is 20.8 Å². The second-order valence-electron chi connectivity index (χ2n) is 8.75. The van der Waals surface area contributed by atoms with E-state index in [1.165, 1.54) is 12.1 Å². The van der Waals surface area contributed by atoms with Crippen LogP contribution in [-0.2, 0) is 25.5 Å². The number of ether oxygens (including phenoxy) is 1. The second kappa shape index (κ2) is 16.6. The lowest BCUT2D eigenvalue weighted by atomic mass is 9.91. The Labute approximate surface area is 202 Å². The third kappa shape index (κ3) is 13.5. The summed E-state index contributed by atoms with van der Waals surface area (Å²) in [6, 6.07) is 2.76. The molecule has 0 amide bonds. The zero-order chi connectivity index (χ0) is 27.1. The van der Waals surface area contributed by atoms with E-state index in [0.29, 0.717) is 31.4 Å². The summed E-state index contributed by atoms with van der Waals surface area (Å²) in [4.78, 5) is 31.6. The Morgan fingerprint density at radius 2 is 1.38 bits per heavy atom. The Kier molecular flexibility index (Phi) is 16.2. The number of hydrogen-bond donors (Lipinski definition) is 5. The normalized spacial score (nSPS) is 12.2. The molecule has 1 aromatic carbocycles. The number of hydrogen-bond acceptors (Lipinski definition) is 7. The highest BCUT2D eigenvalue weighted by atomic mass is 16.5. The zero-order valence-electron chi connectivity index (χ0n) is 21.4. The smallest absolute Gasteiger partial charge is 0.309 e. The van der Waals surface area contributed by atoms with Crippen molar-refractivity contribution in [3.05, 3.63) is 17.7 Å². The summed E-state index contributed by atoms with van der Waals surface area (Å²) in [5.74, 6) is -3.15. The van der Waals surface area contributed by atoms with Crippen molar-refractivity contribution in [1.82, 2.24) is 0 Å².